The molecule has 0 aromatic heterocycles. The lowest BCUT2D eigenvalue weighted by molar-refractivity contribution is -0.138. The average molecular weight is 259 g/mol. The lowest BCUT2D eigenvalue weighted by atomic mass is 10.1. The van der Waals surface area contributed by atoms with Crippen LogP contribution in [0.1, 0.15) is 59.3 Å². The number of unbranched alkanes of at least 4 members (excludes halogenated alkanes) is 2. The molecular weight excluding hydrogens is 234 g/mol. The third-order valence-corrected chi connectivity index (χ3v) is 2.09. The highest BCUT2D eigenvalue weighted by molar-refractivity contribution is 5.80. The van der Waals surface area contributed by atoms with Crippen LogP contribution < -0.4 is 5.32 Å². The summed E-state index contributed by atoms with van der Waals surface area (Å²) in [5, 5.41) is 11.0. The molecule has 18 heavy (non-hydrogen) atoms. The number of hydrogen-bond donors (Lipinski definition) is 2. The standard InChI is InChI=1S/C11H19NO4.C2H6/c1-9(13)5-3-2-4-8-12-10(14)6-7-11(15)16;1-2/h2-8H2,1H3,(H,12,14)(H,15,16);1-2H3. The minimum Gasteiger partial charge on any atom is -0.481 e. The zero-order chi connectivity index (χ0) is 14.4. The van der Waals surface area contributed by atoms with Gasteiger partial charge in [0, 0.05) is 19.4 Å². The van der Waals surface area contributed by atoms with Gasteiger partial charge in [-0.2, -0.15) is 0 Å². The molecule has 0 unspecified atom stereocenters. The van der Waals surface area contributed by atoms with E-state index in [0.29, 0.717) is 13.0 Å². The number of amides is 1. The SMILES string of the molecule is CC.CC(=O)CCCCCNC(=O)CCC(=O)O. The smallest absolute Gasteiger partial charge is 0.303 e. The van der Waals surface area contributed by atoms with Crippen LogP contribution in [-0.4, -0.2) is 29.3 Å². The van der Waals surface area contributed by atoms with Gasteiger partial charge in [-0.15, -0.1) is 0 Å². The summed E-state index contributed by atoms with van der Waals surface area (Å²) in [6, 6.07) is 0. The van der Waals surface area contributed by atoms with Gasteiger partial charge in [-0.05, 0) is 19.8 Å². The Kier molecular flexibility index (Phi) is 14.4. The van der Waals surface area contributed by atoms with E-state index in [1.807, 2.05) is 13.8 Å². The van der Waals surface area contributed by atoms with Crippen LogP contribution in [-0.2, 0) is 14.4 Å². The number of carbonyl (C=O) groups is 3. The molecule has 0 aliphatic carbocycles. The van der Waals surface area contributed by atoms with Gasteiger partial charge in [0.15, 0.2) is 0 Å². The van der Waals surface area contributed by atoms with Gasteiger partial charge in [-0.1, -0.05) is 20.3 Å². The molecule has 0 saturated carbocycles. The Labute approximate surface area is 109 Å². The number of carboxylic acids is 1. The minimum absolute atomic E-state index is 0.0305. The van der Waals surface area contributed by atoms with Crippen LogP contribution in [0.2, 0.25) is 0 Å². The maximum absolute atomic E-state index is 11.1. The molecule has 0 aromatic carbocycles. The highest BCUT2D eigenvalue weighted by atomic mass is 16.4. The van der Waals surface area contributed by atoms with E-state index in [9.17, 15) is 14.4 Å². The molecule has 0 fully saturated rings. The van der Waals surface area contributed by atoms with Crippen molar-refractivity contribution in [1.82, 2.24) is 5.32 Å². The molecule has 5 heteroatoms. The van der Waals surface area contributed by atoms with E-state index in [-0.39, 0.29) is 24.5 Å². The molecule has 0 aliphatic heterocycles. The summed E-state index contributed by atoms with van der Waals surface area (Å²) in [6.07, 6.45) is 3.07. The van der Waals surface area contributed by atoms with Gasteiger partial charge < -0.3 is 15.2 Å². The largest absolute Gasteiger partial charge is 0.481 e. The van der Waals surface area contributed by atoms with Crippen LogP contribution >= 0.6 is 0 Å². The minimum atomic E-state index is -0.961. The molecule has 5 nitrogen and oxygen atoms in total. The molecule has 0 saturated heterocycles. The van der Waals surface area contributed by atoms with Crippen LogP contribution in [0.15, 0.2) is 0 Å². The monoisotopic (exact) mass is 259 g/mol. The fourth-order valence-electron chi connectivity index (χ4n) is 1.21. The molecule has 0 rings (SSSR count). The highest BCUT2D eigenvalue weighted by Crippen LogP contribution is 1.99. The van der Waals surface area contributed by atoms with Crippen LogP contribution in [0.5, 0.6) is 0 Å². The van der Waals surface area contributed by atoms with Crippen LogP contribution in [0.4, 0.5) is 0 Å². The predicted molar refractivity (Wildman–Crippen MR) is 70.4 cm³/mol. The molecule has 0 bridgehead atoms. The van der Waals surface area contributed by atoms with Crippen LogP contribution in [0, 0.1) is 0 Å². The topological polar surface area (TPSA) is 83.5 Å². The molecule has 0 aromatic rings. The lowest BCUT2D eigenvalue weighted by Crippen LogP contribution is -2.24. The molecule has 0 atom stereocenters. The van der Waals surface area contributed by atoms with Crippen molar-refractivity contribution in [2.45, 2.75) is 59.3 Å². The number of hydrogen-bond acceptors (Lipinski definition) is 3. The summed E-state index contributed by atoms with van der Waals surface area (Å²) in [5.74, 6) is -1.00. The lowest BCUT2D eigenvalue weighted by Gasteiger charge is -2.03. The number of nitrogens with one attached hydrogen (secondary N) is 1. The number of Topliss-reactive ketones (excluding diaryl/α,β-unsaturated/α-hetero) is 1. The summed E-state index contributed by atoms with van der Waals surface area (Å²) >= 11 is 0. The third-order valence-electron chi connectivity index (χ3n) is 2.09. The first-order valence-electron chi connectivity index (χ1n) is 6.50. The van der Waals surface area contributed by atoms with Gasteiger partial charge in [-0.3, -0.25) is 9.59 Å². The van der Waals surface area contributed by atoms with Gasteiger partial charge in [-0.25, -0.2) is 0 Å². The zero-order valence-electron chi connectivity index (χ0n) is 11.6. The second kappa shape index (κ2) is 13.7. The number of rotatable bonds is 9. The van der Waals surface area contributed by atoms with Gasteiger partial charge >= 0.3 is 5.97 Å². The van der Waals surface area contributed by atoms with E-state index in [1.165, 1.54) is 0 Å². The molecule has 0 aliphatic rings. The predicted octanol–water partition coefficient (Wildman–Crippen LogP) is 2.14. The summed E-state index contributed by atoms with van der Waals surface area (Å²) < 4.78 is 0. The van der Waals surface area contributed by atoms with Crippen LogP contribution in [0.25, 0.3) is 0 Å². The van der Waals surface area contributed by atoms with E-state index in [2.05, 4.69) is 5.32 Å². The van der Waals surface area contributed by atoms with E-state index >= 15 is 0 Å². The molecule has 2 N–H and O–H groups in total. The molecular formula is C13H25NO4. The fourth-order valence-corrected chi connectivity index (χ4v) is 1.21. The Hall–Kier alpha value is -1.39. The fraction of sp³-hybridized carbons (Fsp3) is 0.769. The first-order valence-corrected chi connectivity index (χ1v) is 6.50. The highest BCUT2D eigenvalue weighted by Gasteiger charge is 2.03. The Balaban J connectivity index is 0. The number of ketones is 1. The maximum Gasteiger partial charge on any atom is 0.303 e. The van der Waals surface area contributed by atoms with Crippen molar-refractivity contribution < 1.29 is 19.5 Å². The summed E-state index contributed by atoms with van der Waals surface area (Å²) in [5.41, 5.74) is 0. The van der Waals surface area contributed by atoms with Crippen molar-refractivity contribution in [3.8, 4) is 0 Å². The van der Waals surface area contributed by atoms with Crippen molar-refractivity contribution in [2.24, 2.45) is 0 Å². The second-order valence-electron chi connectivity index (χ2n) is 3.76. The molecule has 0 spiro atoms. The molecule has 0 heterocycles. The number of aliphatic carboxylic acids is 1. The van der Waals surface area contributed by atoms with Crippen molar-refractivity contribution in [1.29, 1.82) is 0 Å². The zero-order valence-corrected chi connectivity index (χ0v) is 11.6. The molecule has 106 valence electrons. The van der Waals surface area contributed by atoms with Gasteiger partial charge in [0.2, 0.25) is 5.91 Å². The van der Waals surface area contributed by atoms with E-state index in [4.69, 9.17) is 5.11 Å². The molecule has 1 amide bonds. The van der Waals surface area contributed by atoms with E-state index < -0.39 is 5.97 Å². The average Bonchev–Trinajstić information content (AvgIpc) is 2.33. The van der Waals surface area contributed by atoms with Gasteiger partial charge in [0.05, 0.1) is 6.42 Å². The second-order valence-corrected chi connectivity index (χ2v) is 3.76. The van der Waals surface area contributed by atoms with Crippen molar-refractivity contribution in [2.75, 3.05) is 6.54 Å². The number of carboxylic acid groups (broad SMARTS) is 1. The Morgan fingerprint density at radius 2 is 1.56 bits per heavy atom. The summed E-state index contributed by atoms with van der Waals surface area (Å²) in [7, 11) is 0. The van der Waals surface area contributed by atoms with Gasteiger partial charge in [0.25, 0.3) is 0 Å². The van der Waals surface area contributed by atoms with E-state index in [0.717, 1.165) is 19.3 Å². The van der Waals surface area contributed by atoms with Crippen molar-refractivity contribution in [3.63, 3.8) is 0 Å². The summed E-state index contributed by atoms with van der Waals surface area (Å²) in [4.78, 5) is 31.8. The van der Waals surface area contributed by atoms with Crippen molar-refractivity contribution >= 4 is 17.7 Å². The molecule has 0 radical (unpaired) electrons. The maximum atomic E-state index is 11.1. The quantitative estimate of drug-likeness (QED) is 0.621. The van der Waals surface area contributed by atoms with Crippen LogP contribution in [0.3, 0.4) is 0 Å². The normalized spacial score (nSPS) is 9.06. The summed E-state index contributed by atoms with van der Waals surface area (Å²) in [6.45, 7) is 6.12. The Morgan fingerprint density at radius 1 is 0.944 bits per heavy atom. The third kappa shape index (κ3) is 17.0. The number of carbonyl (C=O) groups excluding carboxylic acids is 2. The first-order chi connectivity index (χ1) is 8.52. The van der Waals surface area contributed by atoms with Crippen molar-refractivity contribution in [3.05, 3.63) is 0 Å². The first kappa shape index (κ1) is 19.0. The Morgan fingerprint density at radius 3 is 2.06 bits per heavy atom. The van der Waals surface area contributed by atoms with Gasteiger partial charge in [0.1, 0.15) is 5.78 Å². The Bertz CT molecular complexity index is 251. The van der Waals surface area contributed by atoms with E-state index in [1.54, 1.807) is 6.92 Å².